The molecule has 0 bridgehead atoms. The maximum absolute atomic E-state index is 13.3. The Morgan fingerprint density at radius 1 is 1.12 bits per heavy atom. The topological polar surface area (TPSA) is 102 Å². The fourth-order valence-electron chi connectivity index (χ4n) is 4.02. The molecule has 3 aromatic carbocycles. The minimum Gasteiger partial charge on any atom is -0.436 e. The highest BCUT2D eigenvalue weighted by Crippen LogP contribution is 2.33. The van der Waals surface area contributed by atoms with E-state index in [0.717, 1.165) is 25.9 Å². The zero-order chi connectivity index (χ0) is 23.8. The third-order valence-corrected chi connectivity index (χ3v) is 6.00. The van der Waals surface area contributed by atoms with Gasteiger partial charge in [-0.3, -0.25) is 14.9 Å². The van der Waals surface area contributed by atoms with Crippen LogP contribution in [0.1, 0.15) is 23.2 Å². The lowest BCUT2D eigenvalue weighted by molar-refractivity contribution is -0.384. The summed E-state index contributed by atoms with van der Waals surface area (Å²) in [5.74, 6) is -0.735. The highest BCUT2D eigenvalue weighted by molar-refractivity contribution is 6.33. The van der Waals surface area contributed by atoms with Crippen LogP contribution in [0, 0.1) is 15.9 Å². The molecule has 8 nitrogen and oxygen atoms in total. The molecule has 34 heavy (non-hydrogen) atoms. The number of nitrogens with zero attached hydrogens (tertiary/aromatic N) is 3. The van der Waals surface area contributed by atoms with Gasteiger partial charge in [0, 0.05) is 30.4 Å². The first kappa shape index (κ1) is 21.8. The number of rotatable bonds is 5. The van der Waals surface area contributed by atoms with Gasteiger partial charge in [0.15, 0.2) is 5.58 Å². The van der Waals surface area contributed by atoms with Gasteiger partial charge in [-0.2, -0.15) is 0 Å². The van der Waals surface area contributed by atoms with Crippen LogP contribution in [-0.2, 0) is 0 Å². The summed E-state index contributed by atoms with van der Waals surface area (Å²) in [5.41, 5.74) is 2.40. The van der Waals surface area contributed by atoms with E-state index in [1.807, 2.05) is 4.90 Å². The second kappa shape index (κ2) is 8.75. The average Bonchev–Trinajstić information content (AvgIpc) is 3.48. The summed E-state index contributed by atoms with van der Waals surface area (Å²) in [6, 6.07) is 13.3. The maximum Gasteiger partial charge on any atom is 0.293 e. The normalized spacial score (nSPS) is 13.4. The predicted molar refractivity (Wildman–Crippen MR) is 127 cm³/mol. The monoisotopic (exact) mass is 480 g/mol. The molecule has 1 aromatic heterocycles. The molecule has 4 aromatic rings. The van der Waals surface area contributed by atoms with Crippen LogP contribution in [-0.4, -0.2) is 28.9 Å². The van der Waals surface area contributed by atoms with E-state index in [1.165, 1.54) is 24.3 Å². The van der Waals surface area contributed by atoms with Crippen molar-refractivity contribution in [3.63, 3.8) is 0 Å². The van der Waals surface area contributed by atoms with E-state index in [0.29, 0.717) is 28.0 Å². The van der Waals surface area contributed by atoms with Crippen molar-refractivity contribution in [1.29, 1.82) is 0 Å². The first-order chi connectivity index (χ1) is 16.4. The van der Waals surface area contributed by atoms with Crippen molar-refractivity contribution in [2.45, 2.75) is 12.8 Å². The summed E-state index contributed by atoms with van der Waals surface area (Å²) in [6.07, 6.45) is 1.97. The highest BCUT2D eigenvalue weighted by atomic mass is 35.5. The van der Waals surface area contributed by atoms with Crippen LogP contribution in [0.3, 0.4) is 0 Å². The van der Waals surface area contributed by atoms with Crippen LogP contribution >= 0.6 is 11.6 Å². The van der Waals surface area contributed by atoms with E-state index in [1.54, 1.807) is 30.3 Å². The van der Waals surface area contributed by atoms with Crippen LogP contribution in [0.4, 0.5) is 21.5 Å². The number of amides is 1. The van der Waals surface area contributed by atoms with Gasteiger partial charge in [-0.05, 0) is 61.4 Å². The van der Waals surface area contributed by atoms with Crippen molar-refractivity contribution in [1.82, 2.24) is 4.98 Å². The Labute approximate surface area is 198 Å². The molecule has 10 heteroatoms. The molecule has 1 amide bonds. The van der Waals surface area contributed by atoms with Gasteiger partial charge in [0.05, 0.1) is 15.5 Å². The van der Waals surface area contributed by atoms with Gasteiger partial charge in [0.1, 0.15) is 17.0 Å². The van der Waals surface area contributed by atoms with Gasteiger partial charge in [-0.15, -0.1) is 0 Å². The standard InChI is InChI=1S/C24H18ClFN4O4/c25-18-12-15(26)4-6-17(18)24-28-19-13-16(5-8-22(19)34-24)27-23(31)14-3-7-20(21(11-14)30(32)33)29-9-1-2-10-29/h3-8,11-13H,1-2,9-10H2,(H,27,31). The number of fused-ring (bicyclic) bond motifs is 1. The van der Waals surface area contributed by atoms with Crippen molar-refractivity contribution in [3.8, 4) is 11.5 Å². The SMILES string of the molecule is O=C(Nc1ccc2oc(-c3ccc(F)cc3Cl)nc2c1)c1ccc(N2CCCC2)c([N+](=O)[O-])c1. The van der Waals surface area contributed by atoms with Crippen LogP contribution in [0.5, 0.6) is 0 Å². The third-order valence-electron chi connectivity index (χ3n) is 5.69. The molecule has 1 N–H and O–H groups in total. The van der Waals surface area contributed by atoms with Crippen molar-refractivity contribution in [2.75, 3.05) is 23.3 Å². The van der Waals surface area contributed by atoms with Crippen molar-refractivity contribution < 1.29 is 18.5 Å². The Bertz CT molecular complexity index is 1430. The van der Waals surface area contributed by atoms with Crippen molar-refractivity contribution >= 4 is 45.7 Å². The Morgan fingerprint density at radius 2 is 1.91 bits per heavy atom. The number of hydrogen-bond acceptors (Lipinski definition) is 6. The summed E-state index contributed by atoms with van der Waals surface area (Å²) < 4.78 is 19.0. The molecule has 172 valence electrons. The van der Waals surface area contributed by atoms with Gasteiger partial charge in [0.2, 0.25) is 5.89 Å². The Morgan fingerprint density at radius 3 is 2.65 bits per heavy atom. The van der Waals surface area contributed by atoms with E-state index >= 15 is 0 Å². The van der Waals surface area contributed by atoms with Crippen LogP contribution in [0.15, 0.2) is 59.0 Å². The molecule has 2 heterocycles. The molecule has 1 aliphatic heterocycles. The molecule has 0 aliphatic carbocycles. The first-order valence-corrected chi connectivity index (χ1v) is 11.0. The zero-order valence-corrected chi connectivity index (χ0v) is 18.5. The number of nitrogens with one attached hydrogen (secondary N) is 1. The van der Waals surface area contributed by atoms with E-state index < -0.39 is 16.6 Å². The van der Waals surface area contributed by atoms with Crippen LogP contribution in [0.2, 0.25) is 5.02 Å². The number of nitro benzene ring substituents is 1. The van der Waals surface area contributed by atoms with Gasteiger partial charge >= 0.3 is 0 Å². The molecule has 0 spiro atoms. The summed E-state index contributed by atoms with van der Waals surface area (Å²) in [7, 11) is 0. The Hall–Kier alpha value is -3.98. The zero-order valence-electron chi connectivity index (χ0n) is 17.8. The van der Waals surface area contributed by atoms with Crippen LogP contribution in [0.25, 0.3) is 22.6 Å². The first-order valence-electron chi connectivity index (χ1n) is 10.6. The number of carbonyl (C=O) groups is 1. The minimum absolute atomic E-state index is 0.0951. The molecule has 1 aliphatic rings. The van der Waals surface area contributed by atoms with Crippen LogP contribution < -0.4 is 10.2 Å². The lowest BCUT2D eigenvalue weighted by Gasteiger charge is -2.17. The highest BCUT2D eigenvalue weighted by Gasteiger charge is 2.24. The fourth-order valence-corrected chi connectivity index (χ4v) is 4.27. The summed E-state index contributed by atoms with van der Waals surface area (Å²) in [6.45, 7) is 1.52. The second-order valence-electron chi connectivity index (χ2n) is 7.93. The van der Waals surface area contributed by atoms with E-state index in [9.17, 15) is 19.3 Å². The number of anilines is 2. The van der Waals surface area contributed by atoms with Gasteiger partial charge in [-0.25, -0.2) is 9.37 Å². The summed E-state index contributed by atoms with van der Waals surface area (Å²) in [4.78, 5) is 30.3. The largest absolute Gasteiger partial charge is 0.436 e. The lowest BCUT2D eigenvalue weighted by atomic mass is 10.1. The molecule has 5 rings (SSSR count). The minimum atomic E-state index is -0.485. The molecule has 0 radical (unpaired) electrons. The average molecular weight is 481 g/mol. The quantitative estimate of drug-likeness (QED) is 0.275. The molecule has 0 saturated carbocycles. The molecular formula is C24H18ClFN4O4. The molecule has 1 saturated heterocycles. The van der Waals surface area contributed by atoms with E-state index in [-0.39, 0.29) is 22.2 Å². The fraction of sp³-hybridized carbons (Fsp3) is 0.167. The molecule has 0 unspecified atom stereocenters. The van der Waals surface area contributed by atoms with Gasteiger partial charge in [-0.1, -0.05) is 11.6 Å². The van der Waals surface area contributed by atoms with E-state index in [2.05, 4.69) is 10.3 Å². The lowest BCUT2D eigenvalue weighted by Crippen LogP contribution is -2.19. The van der Waals surface area contributed by atoms with E-state index in [4.69, 9.17) is 16.0 Å². The van der Waals surface area contributed by atoms with Gasteiger partial charge < -0.3 is 14.6 Å². The number of aromatic nitrogens is 1. The Kier molecular flexibility index (Phi) is 5.62. The number of nitro groups is 1. The summed E-state index contributed by atoms with van der Waals surface area (Å²) >= 11 is 6.10. The van der Waals surface area contributed by atoms with Gasteiger partial charge in [0.25, 0.3) is 11.6 Å². The Balaban J connectivity index is 1.40. The second-order valence-corrected chi connectivity index (χ2v) is 8.34. The van der Waals surface area contributed by atoms with Crippen molar-refractivity contribution in [2.24, 2.45) is 0 Å². The maximum atomic E-state index is 13.3. The number of carbonyl (C=O) groups excluding carboxylic acids is 1. The summed E-state index contributed by atoms with van der Waals surface area (Å²) in [5, 5.41) is 14.5. The molecule has 1 fully saturated rings. The third kappa shape index (κ3) is 4.17. The number of benzene rings is 3. The molecular weight excluding hydrogens is 463 g/mol. The molecule has 0 atom stereocenters. The number of oxazole rings is 1. The predicted octanol–water partition coefficient (Wildman–Crippen LogP) is 6.05. The number of hydrogen-bond donors (Lipinski definition) is 1. The number of halogens is 2. The smallest absolute Gasteiger partial charge is 0.293 e. The van der Waals surface area contributed by atoms with Crippen molar-refractivity contribution in [3.05, 3.63) is 81.1 Å².